The number of oxime groups is 1. The van der Waals surface area contributed by atoms with E-state index in [2.05, 4.69) is 21.1 Å². The highest BCUT2D eigenvalue weighted by Gasteiger charge is 2.55. The highest BCUT2D eigenvalue weighted by atomic mass is 16.7. The van der Waals surface area contributed by atoms with Crippen molar-refractivity contribution in [3.63, 3.8) is 0 Å². The van der Waals surface area contributed by atoms with E-state index in [4.69, 9.17) is 14.3 Å². The van der Waals surface area contributed by atoms with Gasteiger partial charge in [-0.05, 0) is 55.6 Å². The normalized spacial score (nSPS) is 23.7. The minimum atomic E-state index is -1.05. The summed E-state index contributed by atoms with van der Waals surface area (Å²) in [7, 11) is 1.58. The third kappa shape index (κ3) is 8.97. The molecule has 1 aromatic carbocycles. The number of benzene rings is 1. The number of ketones is 1. The quantitative estimate of drug-likeness (QED) is 0.268. The molecule has 4 atom stereocenters. The van der Waals surface area contributed by atoms with Gasteiger partial charge in [-0.3, -0.25) is 24.0 Å². The van der Waals surface area contributed by atoms with Crippen LogP contribution in [-0.2, 0) is 33.5 Å². The fourth-order valence-corrected chi connectivity index (χ4v) is 6.80. The molecule has 268 valence electrons. The summed E-state index contributed by atoms with van der Waals surface area (Å²) < 4.78 is 10.8. The van der Waals surface area contributed by atoms with E-state index in [1.807, 2.05) is 52.0 Å². The Labute approximate surface area is 288 Å². The summed E-state index contributed by atoms with van der Waals surface area (Å²) in [6.07, 6.45) is 4.74. The van der Waals surface area contributed by atoms with Gasteiger partial charge in [-0.25, -0.2) is 0 Å². The minimum absolute atomic E-state index is 0.00786. The van der Waals surface area contributed by atoms with Crippen LogP contribution >= 0.6 is 0 Å². The van der Waals surface area contributed by atoms with E-state index in [1.54, 1.807) is 7.11 Å². The van der Waals surface area contributed by atoms with Crippen LogP contribution in [0.3, 0.4) is 0 Å². The number of rotatable bonds is 13. The maximum absolute atomic E-state index is 14.6. The summed E-state index contributed by atoms with van der Waals surface area (Å²) in [5.41, 5.74) is -0.261. The number of likely N-dealkylation sites (tertiary alicyclic amines) is 1. The van der Waals surface area contributed by atoms with E-state index < -0.39 is 52.6 Å². The van der Waals surface area contributed by atoms with Crippen LogP contribution < -0.4 is 20.7 Å². The van der Waals surface area contributed by atoms with Crippen LogP contribution in [0, 0.1) is 11.3 Å². The molecule has 3 aliphatic heterocycles. The molecule has 4 amide bonds. The molecule has 2 saturated heterocycles. The van der Waals surface area contributed by atoms with Crippen molar-refractivity contribution < 1.29 is 38.3 Å². The third-order valence-electron chi connectivity index (χ3n) is 9.81. The second-order valence-corrected chi connectivity index (χ2v) is 15.0. The first-order valence-corrected chi connectivity index (χ1v) is 17.5. The van der Waals surface area contributed by atoms with Gasteiger partial charge in [-0.2, -0.15) is 0 Å². The number of carbonyl (C=O) groups excluding carboxylic acids is 5. The van der Waals surface area contributed by atoms with E-state index in [-0.39, 0.29) is 43.7 Å². The Bertz CT molecular complexity index is 1450. The Morgan fingerprint density at radius 1 is 1.08 bits per heavy atom. The van der Waals surface area contributed by atoms with Crippen LogP contribution in [0.15, 0.2) is 29.4 Å². The lowest BCUT2D eigenvalue weighted by Crippen LogP contribution is -2.59. The number of hydrogen-bond donors (Lipinski definition) is 3. The van der Waals surface area contributed by atoms with Crippen LogP contribution in [0.25, 0.3) is 0 Å². The average molecular weight is 682 g/mol. The van der Waals surface area contributed by atoms with Crippen molar-refractivity contribution in [2.24, 2.45) is 16.5 Å². The molecule has 0 unspecified atom stereocenters. The second kappa shape index (κ2) is 15.3. The van der Waals surface area contributed by atoms with E-state index >= 15 is 0 Å². The van der Waals surface area contributed by atoms with Gasteiger partial charge in [0, 0.05) is 44.1 Å². The van der Waals surface area contributed by atoms with Crippen LogP contribution in [0.1, 0.15) is 91.0 Å². The van der Waals surface area contributed by atoms with Gasteiger partial charge in [0.15, 0.2) is 5.60 Å². The van der Waals surface area contributed by atoms with Gasteiger partial charge < -0.3 is 35.2 Å². The second-order valence-electron chi connectivity index (χ2n) is 15.0. The fraction of sp³-hybridized carbons (Fsp3) is 0.667. The lowest BCUT2D eigenvalue weighted by Gasteiger charge is -2.36. The molecule has 3 fully saturated rings. The molecule has 0 aromatic heterocycles. The lowest BCUT2D eigenvalue weighted by molar-refractivity contribution is -0.145. The standard InChI is InChI=1S/C36H51N5O8/c1-6-8-26(30(43)33(45)37-24-11-12-24)38-32(44)28-20-36(19-27(40-49-36)23-9-7-10-25(18-23)47-5)21-41(28)34(46)31(35(2,3)4)39-29(42)17-22-13-15-48-16-14-22/h7,9-10,18,22,24,26,28,31H,6,8,11-17,19-21H2,1-5H3,(H,37,45)(H,38,44)(H,39,42)/t26-,28-,31+,36+/m0/s1. The van der Waals surface area contributed by atoms with E-state index in [0.717, 1.165) is 31.2 Å². The van der Waals surface area contributed by atoms with Crippen LogP contribution in [0.5, 0.6) is 5.75 Å². The number of ether oxygens (including phenoxy) is 2. The molecule has 13 heteroatoms. The predicted molar refractivity (Wildman–Crippen MR) is 181 cm³/mol. The number of Topliss-reactive ketones (excluding diaryl/α,β-unsaturated/α-hetero) is 1. The maximum Gasteiger partial charge on any atom is 0.289 e. The summed E-state index contributed by atoms with van der Waals surface area (Å²) in [4.78, 5) is 75.4. The van der Waals surface area contributed by atoms with Crippen molar-refractivity contribution in [2.45, 2.75) is 115 Å². The monoisotopic (exact) mass is 681 g/mol. The SMILES string of the molecule is CCC[C@H](NC(=O)[C@@H]1C[C@]2(CC(c3cccc(OC)c3)=NO2)CN1C(=O)[C@@H](NC(=O)CC1CCOCC1)C(C)(C)C)C(=O)C(=O)NC1CC1. The highest BCUT2D eigenvalue weighted by Crippen LogP contribution is 2.40. The summed E-state index contributed by atoms with van der Waals surface area (Å²) >= 11 is 0. The molecular formula is C36H51N5O8. The van der Waals surface area contributed by atoms with Crippen molar-refractivity contribution in [1.29, 1.82) is 0 Å². The zero-order chi connectivity index (χ0) is 35.3. The summed E-state index contributed by atoms with van der Waals surface area (Å²) in [6.45, 7) is 8.73. The Kier molecular flexibility index (Phi) is 11.3. The Morgan fingerprint density at radius 3 is 2.47 bits per heavy atom. The first-order valence-electron chi connectivity index (χ1n) is 17.5. The smallest absolute Gasteiger partial charge is 0.289 e. The van der Waals surface area contributed by atoms with Gasteiger partial charge in [0.25, 0.3) is 5.91 Å². The molecule has 1 aliphatic carbocycles. The number of amides is 4. The fourth-order valence-electron chi connectivity index (χ4n) is 6.80. The molecule has 5 rings (SSSR count). The van der Waals surface area contributed by atoms with Crippen LogP contribution in [-0.4, -0.2) is 96.7 Å². The summed E-state index contributed by atoms with van der Waals surface area (Å²) in [5.74, 6) is -1.81. The first kappa shape index (κ1) is 36.3. The van der Waals surface area contributed by atoms with E-state index in [9.17, 15) is 24.0 Å². The molecule has 1 spiro atoms. The molecule has 13 nitrogen and oxygen atoms in total. The van der Waals surface area contributed by atoms with Crippen molar-refractivity contribution >= 4 is 35.1 Å². The molecular weight excluding hydrogens is 630 g/mol. The summed E-state index contributed by atoms with van der Waals surface area (Å²) in [5, 5.41) is 12.9. The van der Waals surface area contributed by atoms with Gasteiger partial charge in [0.1, 0.15) is 17.8 Å². The molecule has 4 aliphatic rings. The molecule has 0 radical (unpaired) electrons. The Balaban J connectivity index is 1.38. The minimum Gasteiger partial charge on any atom is -0.497 e. The first-order chi connectivity index (χ1) is 23.3. The molecule has 1 aromatic rings. The summed E-state index contributed by atoms with van der Waals surface area (Å²) in [6, 6.07) is 4.38. The third-order valence-corrected chi connectivity index (χ3v) is 9.81. The number of nitrogens with one attached hydrogen (secondary N) is 3. The Hall–Kier alpha value is -4.00. The van der Waals surface area contributed by atoms with Crippen LogP contribution in [0.2, 0.25) is 0 Å². The van der Waals surface area contributed by atoms with Crippen LogP contribution in [0.4, 0.5) is 0 Å². The van der Waals surface area contributed by atoms with Crippen molar-refractivity contribution in [1.82, 2.24) is 20.9 Å². The van der Waals surface area contributed by atoms with Gasteiger partial charge >= 0.3 is 0 Å². The van der Waals surface area contributed by atoms with Gasteiger partial charge in [0.2, 0.25) is 23.5 Å². The molecule has 3 N–H and O–H groups in total. The topological polar surface area (TPSA) is 165 Å². The van der Waals surface area contributed by atoms with Crippen molar-refractivity contribution in [3.8, 4) is 5.75 Å². The molecule has 0 bridgehead atoms. The number of methoxy groups -OCH3 is 1. The predicted octanol–water partition coefficient (Wildman–Crippen LogP) is 2.64. The number of carbonyl (C=O) groups is 5. The Morgan fingerprint density at radius 2 is 1.82 bits per heavy atom. The molecule has 1 saturated carbocycles. The van der Waals surface area contributed by atoms with Gasteiger partial charge in [-0.15, -0.1) is 0 Å². The molecule has 3 heterocycles. The van der Waals surface area contributed by atoms with Gasteiger partial charge in [-0.1, -0.05) is 51.4 Å². The number of hydrogen-bond acceptors (Lipinski definition) is 9. The van der Waals surface area contributed by atoms with Gasteiger partial charge in [0.05, 0.1) is 25.4 Å². The number of nitrogens with zero attached hydrogens (tertiary/aromatic N) is 2. The highest BCUT2D eigenvalue weighted by molar-refractivity contribution is 6.38. The maximum atomic E-state index is 14.6. The largest absolute Gasteiger partial charge is 0.497 e. The lowest BCUT2D eigenvalue weighted by atomic mass is 9.85. The average Bonchev–Trinajstić information content (AvgIpc) is 3.67. The van der Waals surface area contributed by atoms with E-state index in [1.165, 1.54) is 4.90 Å². The molecule has 49 heavy (non-hydrogen) atoms. The van der Waals surface area contributed by atoms with E-state index in [0.29, 0.717) is 37.5 Å². The van der Waals surface area contributed by atoms with Crippen molar-refractivity contribution in [3.05, 3.63) is 29.8 Å². The van der Waals surface area contributed by atoms with Crippen molar-refractivity contribution in [2.75, 3.05) is 26.9 Å². The zero-order valence-corrected chi connectivity index (χ0v) is 29.3. The zero-order valence-electron chi connectivity index (χ0n) is 29.3.